The summed E-state index contributed by atoms with van der Waals surface area (Å²) in [5.41, 5.74) is 0.255. The Hall–Kier alpha value is -0.0400. The lowest BCUT2D eigenvalue weighted by molar-refractivity contribution is -0.138. The molecular formula is C16H30O. The van der Waals surface area contributed by atoms with Crippen LogP contribution in [0.4, 0.5) is 0 Å². The van der Waals surface area contributed by atoms with Gasteiger partial charge in [0.25, 0.3) is 0 Å². The molecule has 0 heterocycles. The predicted octanol–water partition coefficient (Wildman–Crippen LogP) is 4.65. The van der Waals surface area contributed by atoms with Crippen molar-refractivity contribution < 1.29 is 4.74 Å². The molecule has 1 heteroatoms. The molecule has 1 nitrogen and oxygen atoms in total. The molecule has 2 saturated carbocycles. The van der Waals surface area contributed by atoms with Crippen LogP contribution in [0.5, 0.6) is 0 Å². The molecule has 0 N–H and O–H groups in total. The molecule has 0 aliphatic heterocycles. The lowest BCUT2D eigenvalue weighted by Crippen LogP contribution is -2.47. The Morgan fingerprint density at radius 3 is 2.59 bits per heavy atom. The maximum atomic E-state index is 6.41. The van der Waals surface area contributed by atoms with Crippen molar-refractivity contribution in [3.63, 3.8) is 0 Å². The summed E-state index contributed by atoms with van der Waals surface area (Å²) < 4.78 is 6.41. The Morgan fingerprint density at radius 2 is 1.94 bits per heavy atom. The molecule has 4 atom stereocenters. The van der Waals surface area contributed by atoms with Gasteiger partial charge in [-0.05, 0) is 55.8 Å². The maximum absolute atomic E-state index is 6.41. The van der Waals surface area contributed by atoms with Gasteiger partial charge < -0.3 is 4.74 Å². The van der Waals surface area contributed by atoms with Crippen molar-refractivity contribution in [2.24, 2.45) is 23.7 Å². The first-order chi connectivity index (χ1) is 8.03. The molecule has 2 fully saturated rings. The van der Waals surface area contributed by atoms with E-state index in [-0.39, 0.29) is 5.60 Å². The van der Waals surface area contributed by atoms with Gasteiger partial charge in [0, 0.05) is 6.61 Å². The largest absolute Gasteiger partial charge is 0.375 e. The van der Waals surface area contributed by atoms with Crippen molar-refractivity contribution in [3.05, 3.63) is 0 Å². The fraction of sp³-hybridized carbons (Fsp3) is 1.00. The minimum absolute atomic E-state index is 0.255. The summed E-state index contributed by atoms with van der Waals surface area (Å²) >= 11 is 0. The van der Waals surface area contributed by atoms with Crippen LogP contribution in [-0.4, -0.2) is 12.2 Å². The summed E-state index contributed by atoms with van der Waals surface area (Å²) in [5.74, 6) is 3.42. The van der Waals surface area contributed by atoms with Crippen LogP contribution in [0.3, 0.4) is 0 Å². The van der Waals surface area contributed by atoms with Crippen molar-refractivity contribution >= 4 is 0 Å². The third-order valence-corrected chi connectivity index (χ3v) is 4.74. The normalized spacial score (nSPS) is 41.8. The highest BCUT2D eigenvalue weighted by Crippen LogP contribution is 2.50. The van der Waals surface area contributed by atoms with Crippen LogP contribution < -0.4 is 0 Å². The number of fused-ring (bicyclic) bond motifs is 2. The highest BCUT2D eigenvalue weighted by molar-refractivity contribution is 4.97. The molecule has 2 aliphatic rings. The highest BCUT2D eigenvalue weighted by atomic mass is 16.5. The van der Waals surface area contributed by atoms with Crippen molar-refractivity contribution in [1.82, 2.24) is 0 Å². The van der Waals surface area contributed by atoms with E-state index < -0.39 is 0 Å². The third-order valence-electron chi connectivity index (χ3n) is 4.74. The zero-order valence-corrected chi connectivity index (χ0v) is 12.2. The van der Waals surface area contributed by atoms with Crippen LogP contribution >= 0.6 is 0 Å². The van der Waals surface area contributed by atoms with Crippen molar-refractivity contribution in [2.75, 3.05) is 6.61 Å². The second-order valence-electron chi connectivity index (χ2n) is 7.22. The molecule has 0 radical (unpaired) electrons. The van der Waals surface area contributed by atoms with E-state index in [9.17, 15) is 0 Å². The molecular weight excluding hydrogens is 208 g/mol. The second-order valence-corrected chi connectivity index (χ2v) is 7.22. The molecule has 2 rings (SSSR count). The minimum Gasteiger partial charge on any atom is -0.375 e. The summed E-state index contributed by atoms with van der Waals surface area (Å²) in [6.07, 6.45) is 8.25. The summed E-state index contributed by atoms with van der Waals surface area (Å²) in [7, 11) is 0. The quantitative estimate of drug-likeness (QED) is 0.692. The average Bonchev–Trinajstić information content (AvgIpc) is 2.25. The van der Waals surface area contributed by atoms with E-state index in [1.54, 1.807) is 0 Å². The van der Waals surface area contributed by atoms with Gasteiger partial charge in [0.2, 0.25) is 0 Å². The van der Waals surface area contributed by atoms with Gasteiger partial charge in [0.15, 0.2) is 0 Å². The summed E-state index contributed by atoms with van der Waals surface area (Å²) in [4.78, 5) is 0. The molecule has 0 aromatic rings. The van der Waals surface area contributed by atoms with Gasteiger partial charge in [-0.3, -0.25) is 0 Å². The predicted molar refractivity (Wildman–Crippen MR) is 73.0 cm³/mol. The minimum atomic E-state index is 0.255. The first-order valence-corrected chi connectivity index (χ1v) is 7.67. The fourth-order valence-electron chi connectivity index (χ4n) is 4.24. The first kappa shape index (κ1) is 13.4. The van der Waals surface area contributed by atoms with E-state index in [0.29, 0.717) is 5.92 Å². The lowest BCUT2D eigenvalue weighted by Gasteiger charge is -2.50. The Kier molecular flexibility index (Phi) is 4.18. The van der Waals surface area contributed by atoms with E-state index in [2.05, 4.69) is 27.7 Å². The number of hydrogen-bond donors (Lipinski definition) is 0. The van der Waals surface area contributed by atoms with Crippen LogP contribution in [0.15, 0.2) is 0 Å². The van der Waals surface area contributed by atoms with Crippen LogP contribution in [0.1, 0.15) is 66.2 Å². The van der Waals surface area contributed by atoms with Gasteiger partial charge in [-0.2, -0.15) is 0 Å². The molecule has 0 amide bonds. The van der Waals surface area contributed by atoms with Crippen LogP contribution in [0.2, 0.25) is 0 Å². The van der Waals surface area contributed by atoms with Crippen molar-refractivity contribution in [3.8, 4) is 0 Å². The van der Waals surface area contributed by atoms with Gasteiger partial charge in [0.1, 0.15) is 0 Å². The molecule has 0 aromatic carbocycles. The van der Waals surface area contributed by atoms with Gasteiger partial charge in [-0.1, -0.05) is 34.1 Å². The highest BCUT2D eigenvalue weighted by Gasteiger charge is 2.45. The van der Waals surface area contributed by atoms with Crippen LogP contribution in [0, 0.1) is 23.7 Å². The van der Waals surface area contributed by atoms with Crippen LogP contribution in [0.25, 0.3) is 0 Å². The van der Waals surface area contributed by atoms with E-state index in [1.807, 2.05) is 0 Å². The van der Waals surface area contributed by atoms with E-state index in [0.717, 1.165) is 24.4 Å². The average molecular weight is 238 g/mol. The Labute approximate surface area is 107 Å². The molecule has 2 aliphatic carbocycles. The Bertz CT molecular complexity index is 244. The Morgan fingerprint density at radius 1 is 1.18 bits per heavy atom. The van der Waals surface area contributed by atoms with Gasteiger partial charge in [-0.25, -0.2) is 0 Å². The summed E-state index contributed by atoms with van der Waals surface area (Å²) in [6.45, 7) is 10.3. The third kappa shape index (κ3) is 3.24. The zero-order valence-electron chi connectivity index (χ0n) is 12.2. The smallest absolute Gasteiger partial charge is 0.0690 e. The van der Waals surface area contributed by atoms with Gasteiger partial charge in [0.05, 0.1) is 5.60 Å². The molecule has 2 bridgehead atoms. The zero-order chi connectivity index (χ0) is 12.5. The molecule has 4 unspecified atom stereocenters. The fourth-order valence-corrected chi connectivity index (χ4v) is 4.24. The topological polar surface area (TPSA) is 9.23 Å². The SMILES string of the molecule is CCC1CC2CC(C)CC(OCC(C)C)(C1)C2. The standard InChI is InChI=1S/C16H30O/c1-5-14-7-15-6-13(4)8-16(9-14,10-15)17-11-12(2)3/h12-15H,5-11H2,1-4H3. The van der Waals surface area contributed by atoms with Crippen molar-refractivity contribution in [1.29, 1.82) is 0 Å². The molecule has 0 spiro atoms. The van der Waals surface area contributed by atoms with Crippen LogP contribution in [-0.2, 0) is 4.74 Å². The van der Waals surface area contributed by atoms with Gasteiger partial charge >= 0.3 is 0 Å². The van der Waals surface area contributed by atoms with E-state index in [4.69, 9.17) is 4.74 Å². The van der Waals surface area contributed by atoms with Gasteiger partial charge in [-0.15, -0.1) is 0 Å². The maximum Gasteiger partial charge on any atom is 0.0690 e. The number of ether oxygens (including phenoxy) is 1. The van der Waals surface area contributed by atoms with E-state index in [1.165, 1.54) is 38.5 Å². The number of rotatable bonds is 4. The Balaban J connectivity index is 2.04. The molecule has 0 saturated heterocycles. The monoisotopic (exact) mass is 238 g/mol. The molecule has 17 heavy (non-hydrogen) atoms. The first-order valence-electron chi connectivity index (χ1n) is 7.67. The second kappa shape index (κ2) is 5.30. The van der Waals surface area contributed by atoms with Crippen molar-refractivity contribution in [2.45, 2.75) is 71.8 Å². The summed E-state index contributed by atoms with van der Waals surface area (Å²) in [6, 6.07) is 0. The van der Waals surface area contributed by atoms with E-state index >= 15 is 0 Å². The number of hydrogen-bond acceptors (Lipinski definition) is 1. The molecule has 0 aromatic heterocycles. The lowest BCUT2D eigenvalue weighted by atomic mass is 9.62. The molecule has 100 valence electrons. The summed E-state index contributed by atoms with van der Waals surface area (Å²) in [5, 5.41) is 0.